The van der Waals surface area contributed by atoms with E-state index in [1.807, 2.05) is 6.07 Å². The van der Waals surface area contributed by atoms with Gasteiger partial charge in [-0.1, -0.05) is 40.2 Å². The summed E-state index contributed by atoms with van der Waals surface area (Å²) in [6, 6.07) is 12.9. The van der Waals surface area contributed by atoms with Gasteiger partial charge in [-0.2, -0.15) is 0 Å². The van der Waals surface area contributed by atoms with E-state index in [0.29, 0.717) is 0 Å². The smallest absolute Gasteiger partial charge is 0.0362 e. The van der Waals surface area contributed by atoms with Gasteiger partial charge < -0.3 is 5.73 Å². The van der Waals surface area contributed by atoms with Gasteiger partial charge in [-0.15, -0.1) is 0 Å². The van der Waals surface area contributed by atoms with E-state index in [-0.39, 0.29) is 0 Å². The first-order chi connectivity index (χ1) is 9.63. The molecule has 0 amide bonds. The van der Waals surface area contributed by atoms with Crippen molar-refractivity contribution >= 4 is 21.6 Å². The monoisotopic (exact) mass is 330 g/mol. The van der Waals surface area contributed by atoms with Crippen LogP contribution in [0.3, 0.4) is 0 Å². The zero-order valence-electron chi connectivity index (χ0n) is 11.7. The van der Waals surface area contributed by atoms with Gasteiger partial charge in [0.2, 0.25) is 0 Å². The number of aryl methyl sites for hydroxylation is 1. The third kappa shape index (κ3) is 2.74. The number of nitrogens with two attached hydrogens (primary N) is 1. The maximum atomic E-state index is 6.11. The average Bonchev–Trinajstić information content (AvgIpc) is 2.44. The molecule has 1 heterocycles. The molecule has 0 saturated heterocycles. The number of hydrogen-bond donors (Lipinski definition) is 1. The molecule has 0 bridgehead atoms. The number of hydrogen-bond acceptors (Lipinski definition) is 2. The molecule has 104 valence electrons. The highest BCUT2D eigenvalue weighted by Crippen LogP contribution is 2.26. The molecule has 0 fully saturated rings. The second kappa shape index (κ2) is 5.58. The lowest BCUT2D eigenvalue weighted by molar-refractivity contribution is 0.246. The molecule has 2 N–H and O–H groups in total. The van der Waals surface area contributed by atoms with Gasteiger partial charge in [-0.25, -0.2) is 0 Å². The van der Waals surface area contributed by atoms with Crippen LogP contribution in [0.15, 0.2) is 40.9 Å². The van der Waals surface area contributed by atoms with E-state index in [1.165, 1.54) is 26.7 Å². The number of anilines is 1. The topological polar surface area (TPSA) is 29.3 Å². The third-order valence-electron chi connectivity index (χ3n) is 4.03. The maximum Gasteiger partial charge on any atom is 0.0362 e. The van der Waals surface area contributed by atoms with Gasteiger partial charge >= 0.3 is 0 Å². The van der Waals surface area contributed by atoms with Gasteiger partial charge in [-0.05, 0) is 47.7 Å². The van der Waals surface area contributed by atoms with Crippen molar-refractivity contribution < 1.29 is 0 Å². The molecule has 0 saturated carbocycles. The van der Waals surface area contributed by atoms with Gasteiger partial charge in [0.1, 0.15) is 0 Å². The van der Waals surface area contributed by atoms with Gasteiger partial charge in [0.15, 0.2) is 0 Å². The predicted molar refractivity (Wildman–Crippen MR) is 87.6 cm³/mol. The summed E-state index contributed by atoms with van der Waals surface area (Å²) in [4.78, 5) is 2.47. The Balaban J connectivity index is 1.77. The van der Waals surface area contributed by atoms with Crippen molar-refractivity contribution in [2.75, 3.05) is 12.3 Å². The first-order valence-electron chi connectivity index (χ1n) is 6.97. The summed E-state index contributed by atoms with van der Waals surface area (Å²) in [5.74, 6) is 0. The van der Waals surface area contributed by atoms with Crippen LogP contribution >= 0.6 is 15.9 Å². The number of halogens is 1. The van der Waals surface area contributed by atoms with Crippen LogP contribution in [-0.4, -0.2) is 11.4 Å². The lowest BCUT2D eigenvalue weighted by Crippen LogP contribution is -2.30. The second-order valence-corrected chi connectivity index (χ2v) is 6.38. The molecule has 0 atom stereocenters. The largest absolute Gasteiger partial charge is 0.398 e. The summed E-state index contributed by atoms with van der Waals surface area (Å²) in [6.07, 6.45) is 1.09. The number of fused-ring (bicyclic) bond motifs is 1. The summed E-state index contributed by atoms with van der Waals surface area (Å²) in [5.41, 5.74) is 12.4. The van der Waals surface area contributed by atoms with E-state index in [2.05, 4.69) is 58.1 Å². The highest BCUT2D eigenvalue weighted by Gasteiger charge is 2.18. The van der Waals surface area contributed by atoms with Crippen molar-refractivity contribution in [1.29, 1.82) is 0 Å². The molecule has 0 unspecified atom stereocenters. The van der Waals surface area contributed by atoms with Crippen molar-refractivity contribution in [3.05, 3.63) is 63.1 Å². The Labute approximate surface area is 128 Å². The van der Waals surface area contributed by atoms with Crippen molar-refractivity contribution in [1.82, 2.24) is 4.90 Å². The molecule has 0 aromatic heterocycles. The van der Waals surface area contributed by atoms with Crippen molar-refractivity contribution in [3.63, 3.8) is 0 Å². The Morgan fingerprint density at radius 3 is 2.90 bits per heavy atom. The molecule has 1 aliphatic rings. The maximum absolute atomic E-state index is 6.11. The summed E-state index contributed by atoms with van der Waals surface area (Å²) in [7, 11) is 0. The Morgan fingerprint density at radius 2 is 2.10 bits per heavy atom. The minimum absolute atomic E-state index is 0.928. The van der Waals surface area contributed by atoms with Gasteiger partial charge in [0.25, 0.3) is 0 Å². The molecule has 3 rings (SSSR count). The first kappa shape index (κ1) is 13.7. The molecular formula is C17H19BrN2. The van der Waals surface area contributed by atoms with E-state index in [1.54, 1.807) is 0 Å². The quantitative estimate of drug-likeness (QED) is 0.846. The zero-order valence-corrected chi connectivity index (χ0v) is 13.3. The molecule has 3 heteroatoms. The zero-order chi connectivity index (χ0) is 14.1. The minimum Gasteiger partial charge on any atom is -0.398 e. The Kier molecular flexibility index (Phi) is 3.81. The molecule has 2 nitrogen and oxygen atoms in total. The fourth-order valence-electron chi connectivity index (χ4n) is 2.79. The average molecular weight is 331 g/mol. The van der Waals surface area contributed by atoms with Crippen LogP contribution in [0.5, 0.6) is 0 Å². The second-order valence-electron chi connectivity index (χ2n) is 5.53. The Bertz CT molecular complexity index is 637. The van der Waals surface area contributed by atoms with E-state index in [0.717, 1.165) is 31.7 Å². The molecule has 0 spiro atoms. The van der Waals surface area contributed by atoms with Crippen LogP contribution in [0.25, 0.3) is 0 Å². The number of rotatable bonds is 2. The van der Waals surface area contributed by atoms with E-state index >= 15 is 0 Å². The van der Waals surface area contributed by atoms with Gasteiger partial charge in [-0.3, -0.25) is 4.90 Å². The van der Waals surface area contributed by atoms with Crippen molar-refractivity contribution in [3.8, 4) is 0 Å². The van der Waals surface area contributed by atoms with Crippen LogP contribution in [0.1, 0.15) is 22.3 Å². The summed E-state index contributed by atoms with van der Waals surface area (Å²) in [6.45, 7) is 5.15. The molecule has 20 heavy (non-hydrogen) atoms. The number of benzene rings is 2. The highest BCUT2D eigenvalue weighted by molar-refractivity contribution is 9.10. The molecule has 0 radical (unpaired) electrons. The van der Waals surface area contributed by atoms with E-state index < -0.39 is 0 Å². The molecule has 2 aromatic carbocycles. The summed E-state index contributed by atoms with van der Waals surface area (Å²) >= 11 is 3.61. The highest BCUT2D eigenvalue weighted by atomic mass is 79.9. The molecule has 0 aliphatic carbocycles. The van der Waals surface area contributed by atoms with Crippen LogP contribution in [-0.2, 0) is 19.5 Å². The standard InChI is InChI=1S/C17H19BrN2/c1-12-5-6-13(9-16(12)18)10-20-8-7-14-3-2-4-17(19)15(14)11-20/h2-6,9H,7-8,10-11,19H2,1H3. The summed E-state index contributed by atoms with van der Waals surface area (Å²) in [5, 5.41) is 0. The molecule has 2 aromatic rings. The van der Waals surface area contributed by atoms with Crippen molar-refractivity contribution in [2.45, 2.75) is 26.4 Å². The van der Waals surface area contributed by atoms with Gasteiger partial charge in [0, 0.05) is 29.8 Å². The van der Waals surface area contributed by atoms with E-state index in [9.17, 15) is 0 Å². The third-order valence-corrected chi connectivity index (χ3v) is 4.89. The van der Waals surface area contributed by atoms with Crippen LogP contribution < -0.4 is 5.73 Å². The Hall–Kier alpha value is -1.32. The number of nitrogens with zero attached hydrogens (tertiary/aromatic N) is 1. The normalized spacial score (nSPS) is 15.1. The molecular weight excluding hydrogens is 312 g/mol. The fourth-order valence-corrected chi connectivity index (χ4v) is 3.22. The lowest BCUT2D eigenvalue weighted by atomic mass is 9.98. The van der Waals surface area contributed by atoms with Gasteiger partial charge in [0.05, 0.1) is 0 Å². The Morgan fingerprint density at radius 1 is 1.25 bits per heavy atom. The number of nitrogen functional groups attached to an aromatic ring is 1. The fraction of sp³-hybridized carbons (Fsp3) is 0.294. The first-order valence-corrected chi connectivity index (χ1v) is 7.76. The minimum atomic E-state index is 0.928. The van der Waals surface area contributed by atoms with Crippen molar-refractivity contribution in [2.24, 2.45) is 0 Å². The lowest BCUT2D eigenvalue weighted by Gasteiger charge is -2.29. The van der Waals surface area contributed by atoms with Crippen LogP contribution in [0.4, 0.5) is 5.69 Å². The van der Waals surface area contributed by atoms with Crippen LogP contribution in [0.2, 0.25) is 0 Å². The SMILES string of the molecule is Cc1ccc(CN2CCc3cccc(N)c3C2)cc1Br. The summed E-state index contributed by atoms with van der Waals surface area (Å²) < 4.78 is 1.19. The van der Waals surface area contributed by atoms with Crippen LogP contribution in [0, 0.1) is 6.92 Å². The molecule has 1 aliphatic heterocycles. The predicted octanol–water partition coefficient (Wildman–Crippen LogP) is 3.90. The van der Waals surface area contributed by atoms with E-state index in [4.69, 9.17) is 5.73 Å².